The lowest BCUT2D eigenvalue weighted by Crippen LogP contribution is -2.34. The van der Waals surface area contributed by atoms with E-state index in [4.69, 9.17) is 5.73 Å². The molecule has 0 spiro atoms. The zero-order valence-electron chi connectivity index (χ0n) is 12.8. The Morgan fingerprint density at radius 1 is 1.32 bits per heavy atom. The van der Waals surface area contributed by atoms with Crippen molar-refractivity contribution in [3.05, 3.63) is 34.9 Å². The van der Waals surface area contributed by atoms with Crippen molar-refractivity contribution in [3.63, 3.8) is 0 Å². The maximum absolute atomic E-state index is 10.6. The van der Waals surface area contributed by atoms with Crippen LogP contribution in [-0.4, -0.2) is 24.7 Å². The summed E-state index contributed by atoms with van der Waals surface area (Å²) >= 11 is 0. The Balaban J connectivity index is 3.11. The molecule has 0 aromatic heterocycles. The molecule has 2 atom stereocenters. The van der Waals surface area contributed by atoms with Crippen LogP contribution in [0, 0.1) is 6.92 Å². The molecule has 0 radical (unpaired) electrons. The summed E-state index contributed by atoms with van der Waals surface area (Å²) in [7, 11) is 1.87. The van der Waals surface area contributed by atoms with E-state index in [1.165, 1.54) is 5.56 Å². The van der Waals surface area contributed by atoms with Gasteiger partial charge in [0.15, 0.2) is 0 Å². The molecule has 4 N–H and O–H groups in total. The maximum atomic E-state index is 10.6. The predicted molar refractivity (Wildman–Crippen MR) is 81.4 cm³/mol. The van der Waals surface area contributed by atoms with Crippen LogP contribution in [0.15, 0.2) is 18.2 Å². The van der Waals surface area contributed by atoms with Crippen molar-refractivity contribution >= 4 is 0 Å². The lowest BCUT2D eigenvalue weighted by Gasteiger charge is -2.26. The van der Waals surface area contributed by atoms with Crippen LogP contribution >= 0.6 is 0 Å². The van der Waals surface area contributed by atoms with Gasteiger partial charge in [0.25, 0.3) is 0 Å². The summed E-state index contributed by atoms with van der Waals surface area (Å²) in [5.74, 6) is 0. The van der Waals surface area contributed by atoms with Gasteiger partial charge in [-0.15, -0.1) is 0 Å². The molecule has 0 heterocycles. The summed E-state index contributed by atoms with van der Waals surface area (Å²) in [4.78, 5) is 0. The largest absolute Gasteiger partial charge is 0.387 e. The van der Waals surface area contributed by atoms with E-state index in [1.807, 2.05) is 14.0 Å². The first kappa shape index (κ1) is 16.2. The minimum atomic E-state index is -0.518. The highest BCUT2D eigenvalue weighted by Crippen LogP contribution is 2.29. The van der Waals surface area contributed by atoms with Gasteiger partial charge in [0.2, 0.25) is 0 Å². The Hall–Kier alpha value is -0.900. The van der Waals surface area contributed by atoms with Gasteiger partial charge in [-0.25, -0.2) is 0 Å². The van der Waals surface area contributed by atoms with E-state index in [-0.39, 0.29) is 11.5 Å². The van der Waals surface area contributed by atoms with Crippen LogP contribution in [0.2, 0.25) is 0 Å². The van der Waals surface area contributed by atoms with Gasteiger partial charge in [0.05, 0.1) is 6.10 Å². The van der Waals surface area contributed by atoms with Gasteiger partial charge in [0.1, 0.15) is 0 Å². The zero-order chi connectivity index (χ0) is 14.6. The van der Waals surface area contributed by atoms with Crippen LogP contribution in [-0.2, 0) is 5.41 Å². The van der Waals surface area contributed by atoms with Crippen LogP contribution in [0.5, 0.6) is 0 Å². The lowest BCUT2D eigenvalue weighted by molar-refractivity contribution is 0.128. The summed E-state index contributed by atoms with van der Waals surface area (Å²) in [6, 6.07) is 6.36. The number of hydrogen-bond acceptors (Lipinski definition) is 3. The Labute approximate surface area is 117 Å². The number of likely N-dealkylation sites (N-methyl/N-ethyl adjacent to an activating group) is 1. The normalized spacial score (nSPS) is 15.3. The molecule has 0 aliphatic heterocycles. The molecule has 0 saturated heterocycles. The fourth-order valence-corrected chi connectivity index (χ4v) is 2.28. The van der Waals surface area contributed by atoms with Crippen LogP contribution in [0.1, 0.15) is 50.0 Å². The summed E-state index contributed by atoms with van der Waals surface area (Å²) in [6.45, 7) is 9.16. The minimum Gasteiger partial charge on any atom is -0.387 e. The predicted octanol–water partition coefficient (Wildman–Crippen LogP) is 2.26. The van der Waals surface area contributed by atoms with Gasteiger partial charge < -0.3 is 16.2 Å². The highest BCUT2D eigenvalue weighted by atomic mass is 16.3. The second kappa shape index (κ2) is 6.51. The van der Waals surface area contributed by atoms with Crippen LogP contribution in [0.4, 0.5) is 0 Å². The zero-order valence-corrected chi connectivity index (χ0v) is 12.8. The Morgan fingerprint density at radius 2 is 1.95 bits per heavy atom. The molecule has 0 aliphatic rings. The van der Waals surface area contributed by atoms with Crippen molar-refractivity contribution < 1.29 is 5.11 Å². The van der Waals surface area contributed by atoms with Gasteiger partial charge >= 0.3 is 0 Å². The number of benzene rings is 1. The molecule has 0 fully saturated rings. The first-order valence-electron chi connectivity index (χ1n) is 6.97. The summed E-state index contributed by atoms with van der Waals surface area (Å²) in [5.41, 5.74) is 9.06. The van der Waals surface area contributed by atoms with Crippen LogP contribution in [0.25, 0.3) is 0 Å². The molecule has 108 valence electrons. The number of nitrogens with one attached hydrogen (secondary N) is 1. The molecule has 0 amide bonds. The number of hydrogen-bond donors (Lipinski definition) is 3. The Kier molecular flexibility index (Phi) is 5.53. The molecular formula is C16H28N2O. The Bertz CT molecular complexity index is 410. The number of nitrogens with two attached hydrogens (primary N) is 1. The average Bonchev–Trinajstić information content (AvgIpc) is 2.34. The fraction of sp³-hybridized carbons (Fsp3) is 0.625. The van der Waals surface area contributed by atoms with Gasteiger partial charge in [-0.2, -0.15) is 0 Å². The highest BCUT2D eigenvalue weighted by molar-refractivity contribution is 5.36. The second-order valence-corrected chi connectivity index (χ2v) is 6.24. The quantitative estimate of drug-likeness (QED) is 0.764. The first-order valence-corrected chi connectivity index (χ1v) is 6.97. The van der Waals surface area contributed by atoms with Crippen molar-refractivity contribution in [1.82, 2.24) is 5.32 Å². The van der Waals surface area contributed by atoms with Gasteiger partial charge in [-0.1, -0.05) is 39.0 Å². The molecule has 0 saturated carbocycles. The molecule has 3 nitrogen and oxygen atoms in total. The third kappa shape index (κ3) is 4.03. The highest BCUT2D eigenvalue weighted by Gasteiger charge is 2.22. The Morgan fingerprint density at radius 3 is 2.42 bits per heavy atom. The van der Waals surface area contributed by atoms with Gasteiger partial charge in [-0.05, 0) is 49.0 Å². The SMILES string of the molecule is CNC(CCN)C(O)c1cc(C(C)(C)C)ccc1C. The van der Waals surface area contributed by atoms with E-state index < -0.39 is 6.10 Å². The van der Waals surface area contributed by atoms with Crippen LogP contribution < -0.4 is 11.1 Å². The third-order valence-corrected chi connectivity index (χ3v) is 3.69. The van der Waals surface area contributed by atoms with Gasteiger partial charge in [0, 0.05) is 6.04 Å². The standard InChI is InChI=1S/C16H28N2O/c1-11-6-7-12(16(2,3)4)10-13(11)15(19)14(18-5)8-9-17/h6-7,10,14-15,18-19H,8-9,17H2,1-5H3. The number of aliphatic hydroxyl groups excluding tert-OH is 1. The van der Waals surface area contributed by atoms with Crippen molar-refractivity contribution in [3.8, 4) is 0 Å². The van der Waals surface area contributed by atoms with Crippen molar-refractivity contribution in [1.29, 1.82) is 0 Å². The average molecular weight is 264 g/mol. The molecule has 19 heavy (non-hydrogen) atoms. The van der Waals surface area contributed by atoms with E-state index >= 15 is 0 Å². The molecule has 1 aromatic carbocycles. The van der Waals surface area contributed by atoms with Gasteiger partial charge in [-0.3, -0.25) is 0 Å². The fourth-order valence-electron chi connectivity index (χ4n) is 2.28. The molecular weight excluding hydrogens is 236 g/mol. The van der Waals surface area contributed by atoms with Crippen LogP contribution in [0.3, 0.4) is 0 Å². The van der Waals surface area contributed by atoms with Crippen molar-refractivity contribution in [2.75, 3.05) is 13.6 Å². The first-order chi connectivity index (χ1) is 8.81. The summed E-state index contributed by atoms with van der Waals surface area (Å²) < 4.78 is 0. The van der Waals surface area contributed by atoms with E-state index in [0.717, 1.165) is 17.5 Å². The molecule has 2 unspecified atom stereocenters. The second-order valence-electron chi connectivity index (χ2n) is 6.24. The van der Waals surface area contributed by atoms with E-state index in [0.29, 0.717) is 6.54 Å². The summed E-state index contributed by atoms with van der Waals surface area (Å²) in [6.07, 6.45) is 0.243. The topological polar surface area (TPSA) is 58.3 Å². The van der Waals surface area contributed by atoms with Crippen molar-refractivity contribution in [2.24, 2.45) is 5.73 Å². The van der Waals surface area contributed by atoms with E-state index in [2.05, 4.69) is 44.3 Å². The van der Waals surface area contributed by atoms with E-state index in [1.54, 1.807) is 0 Å². The number of aryl methyl sites for hydroxylation is 1. The number of aliphatic hydroxyl groups is 1. The molecule has 1 rings (SSSR count). The van der Waals surface area contributed by atoms with E-state index in [9.17, 15) is 5.11 Å². The summed E-state index contributed by atoms with van der Waals surface area (Å²) in [5, 5.41) is 13.7. The smallest absolute Gasteiger partial charge is 0.0946 e. The minimum absolute atomic E-state index is 0.00100. The molecule has 0 bridgehead atoms. The van der Waals surface area contributed by atoms with Crippen molar-refractivity contribution in [2.45, 2.75) is 51.7 Å². The molecule has 0 aliphatic carbocycles. The lowest BCUT2D eigenvalue weighted by atomic mass is 9.83. The maximum Gasteiger partial charge on any atom is 0.0946 e. The monoisotopic (exact) mass is 264 g/mol. The molecule has 1 aromatic rings. The molecule has 3 heteroatoms. The number of rotatable bonds is 5. The third-order valence-electron chi connectivity index (χ3n) is 3.69.